The summed E-state index contributed by atoms with van der Waals surface area (Å²) in [6.45, 7) is 0.552. The molecular formula is C15H20BrNO3. The molecular weight excluding hydrogens is 322 g/mol. The molecule has 2 rings (SSSR count). The summed E-state index contributed by atoms with van der Waals surface area (Å²) in [7, 11) is 1.74. The molecule has 2 atom stereocenters. The lowest BCUT2D eigenvalue weighted by atomic mass is 9.86. The number of aromatic hydroxyl groups is 1. The largest absolute Gasteiger partial charge is 0.507 e. The van der Waals surface area contributed by atoms with Crippen molar-refractivity contribution in [2.45, 2.75) is 31.8 Å². The molecule has 0 heterocycles. The zero-order valence-corrected chi connectivity index (χ0v) is 13.1. The quantitative estimate of drug-likeness (QED) is 0.888. The number of hydrogen-bond donors (Lipinski definition) is 2. The van der Waals surface area contributed by atoms with Gasteiger partial charge in [0.15, 0.2) is 0 Å². The molecule has 5 heteroatoms. The standard InChI is InChI=1S/C15H20BrNO3/c1-17(9-11-4-2-3-5-13(11)18)15(20)10-6-7-12(16)14(19)8-10/h6-8,11,13,18-19H,2-5,9H2,1H3. The number of aliphatic hydroxyl groups is 1. The first-order valence-electron chi connectivity index (χ1n) is 6.91. The highest BCUT2D eigenvalue weighted by Gasteiger charge is 2.26. The second-order valence-electron chi connectivity index (χ2n) is 5.46. The second kappa shape index (κ2) is 6.59. The average Bonchev–Trinajstić information content (AvgIpc) is 2.43. The van der Waals surface area contributed by atoms with Crippen LogP contribution in [0.4, 0.5) is 0 Å². The summed E-state index contributed by atoms with van der Waals surface area (Å²) in [5, 5.41) is 19.6. The minimum absolute atomic E-state index is 0.0574. The van der Waals surface area contributed by atoms with Gasteiger partial charge in [-0.05, 0) is 47.0 Å². The lowest BCUT2D eigenvalue weighted by Gasteiger charge is -2.31. The molecule has 1 aliphatic rings. The van der Waals surface area contributed by atoms with Crippen LogP contribution in [0, 0.1) is 5.92 Å². The molecule has 20 heavy (non-hydrogen) atoms. The first-order chi connectivity index (χ1) is 9.49. The van der Waals surface area contributed by atoms with Crippen LogP contribution in [0.3, 0.4) is 0 Å². The van der Waals surface area contributed by atoms with Gasteiger partial charge in [0.2, 0.25) is 0 Å². The third-order valence-corrected chi connectivity index (χ3v) is 4.59. The van der Waals surface area contributed by atoms with Crippen molar-refractivity contribution < 1.29 is 15.0 Å². The van der Waals surface area contributed by atoms with Gasteiger partial charge in [-0.25, -0.2) is 0 Å². The molecule has 0 saturated heterocycles. The van der Waals surface area contributed by atoms with Crippen molar-refractivity contribution in [3.63, 3.8) is 0 Å². The van der Waals surface area contributed by atoms with Crippen molar-refractivity contribution in [1.82, 2.24) is 4.90 Å². The van der Waals surface area contributed by atoms with Crippen LogP contribution in [0.15, 0.2) is 22.7 Å². The number of amides is 1. The maximum Gasteiger partial charge on any atom is 0.253 e. The van der Waals surface area contributed by atoms with Crippen molar-refractivity contribution in [1.29, 1.82) is 0 Å². The second-order valence-corrected chi connectivity index (χ2v) is 6.32. The fraction of sp³-hybridized carbons (Fsp3) is 0.533. The van der Waals surface area contributed by atoms with Gasteiger partial charge in [0.25, 0.3) is 5.91 Å². The van der Waals surface area contributed by atoms with Gasteiger partial charge in [0, 0.05) is 25.1 Å². The van der Waals surface area contributed by atoms with Gasteiger partial charge in [0.1, 0.15) is 5.75 Å². The van der Waals surface area contributed by atoms with E-state index in [1.54, 1.807) is 24.1 Å². The van der Waals surface area contributed by atoms with E-state index in [0.29, 0.717) is 16.6 Å². The van der Waals surface area contributed by atoms with Crippen molar-refractivity contribution in [3.8, 4) is 5.75 Å². The zero-order chi connectivity index (χ0) is 14.7. The van der Waals surface area contributed by atoms with E-state index in [1.165, 1.54) is 6.07 Å². The van der Waals surface area contributed by atoms with E-state index < -0.39 is 0 Å². The fourth-order valence-corrected chi connectivity index (χ4v) is 2.95. The Balaban J connectivity index is 2.02. The number of halogens is 1. The molecule has 1 aromatic rings. The number of hydrogen-bond acceptors (Lipinski definition) is 3. The third kappa shape index (κ3) is 3.52. The van der Waals surface area contributed by atoms with Crippen LogP contribution >= 0.6 is 15.9 Å². The summed E-state index contributed by atoms with van der Waals surface area (Å²) in [5.74, 6) is 0.0780. The number of aliphatic hydroxyl groups excluding tert-OH is 1. The molecule has 0 radical (unpaired) electrons. The number of nitrogens with zero attached hydrogens (tertiary/aromatic N) is 1. The highest BCUT2D eigenvalue weighted by Crippen LogP contribution is 2.27. The normalized spacial score (nSPS) is 22.6. The summed E-state index contributed by atoms with van der Waals surface area (Å²) in [6, 6.07) is 4.80. The Morgan fingerprint density at radius 3 is 2.75 bits per heavy atom. The molecule has 1 saturated carbocycles. The lowest BCUT2D eigenvalue weighted by Crippen LogP contribution is -2.38. The molecule has 2 N–H and O–H groups in total. The molecule has 0 aliphatic heterocycles. The Morgan fingerprint density at radius 1 is 1.40 bits per heavy atom. The van der Waals surface area contributed by atoms with Crippen LogP contribution in [-0.4, -0.2) is 40.7 Å². The van der Waals surface area contributed by atoms with Crippen LogP contribution < -0.4 is 0 Å². The number of benzene rings is 1. The molecule has 1 fully saturated rings. The molecule has 110 valence electrons. The topological polar surface area (TPSA) is 60.8 Å². The first kappa shape index (κ1) is 15.3. The minimum atomic E-state index is -0.308. The van der Waals surface area contributed by atoms with Gasteiger partial charge in [-0.1, -0.05) is 12.8 Å². The van der Waals surface area contributed by atoms with Gasteiger partial charge in [0.05, 0.1) is 10.6 Å². The maximum absolute atomic E-state index is 12.3. The van der Waals surface area contributed by atoms with Gasteiger partial charge >= 0.3 is 0 Å². The smallest absolute Gasteiger partial charge is 0.253 e. The zero-order valence-electron chi connectivity index (χ0n) is 11.6. The van der Waals surface area contributed by atoms with Crippen molar-refractivity contribution in [3.05, 3.63) is 28.2 Å². The Bertz CT molecular complexity index is 492. The van der Waals surface area contributed by atoms with Gasteiger partial charge in [-0.3, -0.25) is 4.79 Å². The Kier molecular flexibility index (Phi) is 5.05. The van der Waals surface area contributed by atoms with E-state index in [0.717, 1.165) is 25.7 Å². The highest BCUT2D eigenvalue weighted by atomic mass is 79.9. The Morgan fingerprint density at radius 2 is 2.10 bits per heavy atom. The van der Waals surface area contributed by atoms with Crippen molar-refractivity contribution >= 4 is 21.8 Å². The summed E-state index contributed by atoms with van der Waals surface area (Å²) in [4.78, 5) is 13.9. The summed E-state index contributed by atoms with van der Waals surface area (Å²) < 4.78 is 0.569. The molecule has 1 aliphatic carbocycles. The SMILES string of the molecule is CN(CC1CCCCC1O)C(=O)c1ccc(Br)c(O)c1. The first-order valence-corrected chi connectivity index (χ1v) is 7.70. The van der Waals surface area contributed by atoms with Crippen LogP contribution in [-0.2, 0) is 0 Å². The predicted molar refractivity (Wildman–Crippen MR) is 80.7 cm³/mol. The fourth-order valence-electron chi connectivity index (χ4n) is 2.70. The number of carbonyl (C=O) groups excluding carboxylic acids is 1. The molecule has 2 unspecified atom stereocenters. The number of rotatable bonds is 3. The molecule has 0 bridgehead atoms. The van der Waals surface area contributed by atoms with E-state index >= 15 is 0 Å². The van der Waals surface area contributed by atoms with Crippen molar-refractivity contribution in [2.75, 3.05) is 13.6 Å². The van der Waals surface area contributed by atoms with Crippen molar-refractivity contribution in [2.24, 2.45) is 5.92 Å². The predicted octanol–water partition coefficient (Wildman–Crippen LogP) is 2.78. The average molecular weight is 342 g/mol. The summed E-state index contributed by atoms with van der Waals surface area (Å²) in [6.07, 6.45) is 3.66. The van der Waals surface area contributed by atoms with Gasteiger partial charge in [-0.2, -0.15) is 0 Å². The van der Waals surface area contributed by atoms with E-state index in [2.05, 4.69) is 15.9 Å². The maximum atomic E-state index is 12.3. The van der Waals surface area contributed by atoms with E-state index in [1.807, 2.05) is 0 Å². The molecule has 4 nitrogen and oxygen atoms in total. The monoisotopic (exact) mass is 341 g/mol. The van der Waals surface area contributed by atoms with E-state index in [4.69, 9.17) is 0 Å². The lowest BCUT2D eigenvalue weighted by molar-refractivity contribution is 0.0451. The third-order valence-electron chi connectivity index (χ3n) is 3.92. The van der Waals surface area contributed by atoms with Gasteiger partial charge < -0.3 is 15.1 Å². The number of carbonyl (C=O) groups is 1. The molecule has 0 aromatic heterocycles. The van der Waals surface area contributed by atoms with Crippen LogP contribution in [0.2, 0.25) is 0 Å². The van der Waals surface area contributed by atoms with E-state index in [-0.39, 0.29) is 23.7 Å². The molecule has 0 spiro atoms. The summed E-state index contributed by atoms with van der Waals surface area (Å²) >= 11 is 3.20. The highest BCUT2D eigenvalue weighted by molar-refractivity contribution is 9.10. The Labute approximate surface area is 127 Å². The van der Waals surface area contributed by atoms with Crippen LogP contribution in [0.25, 0.3) is 0 Å². The minimum Gasteiger partial charge on any atom is -0.507 e. The van der Waals surface area contributed by atoms with Crippen LogP contribution in [0.1, 0.15) is 36.0 Å². The molecule has 1 aromatic carbocycles. The number of phenols is 1. The molecule has 1 amide bonds. The van der Waals surface area contributed by atoms with E-state index in [9.17, 15) is 15.0 Å². The van der Waals surface area contributed by atoms with Gasteiger partial charge in [-0.15, -0.1) is 0 Å². The summed E-state index contributed by atoms with van der Waals surface area (Å²) in [5.41, 5.74) is 0.457. The number of phenolic OH excluding ortho intramolecular Hbond substituents is 1. The van der Waals surface area contributed by atoms with Crippen LogP contribution in [0.5, 0.6) is 5.75 Å². The Hall–Kier alpha value is -1.07.